The molecule has 1 aliphatic rings. The summed E-state index contributed by atoms with van der Waals surface area (Å²) in [4.78, 5) is 36.6. The van der Waals surface area contributed by atoms with Gasteiger partial charge in [0, 0.05) is 18.0 Å². The molecule has 0 aromatic carbocycles. The van der Waals surface area contributed by atoms with Gasteiger partial charge in [-0.15, -0.1) is 11.3 Å². The number of hydrogen-bond acceptors (Lipinski definition) is 4. The minimum atomic E-state index is -1.13. The molecule has 1 atom stereocenters. The number of carboxylic acid groups (broad SMARTS) is 1. The molecule has 9 heteroatoms. The van der Waals surface area contributed by atoms with Crippen molar-refractivity contribution in [2.24, 2.45) is 0 Å². The Bertz CT molecular complexity index is 562. The molecule has 7 nitrogen and oxygen atoms in total. The van der Waals surface area contributed by atoms with Gasteiger partial charge in [0.05, 0.1) is 3.79 Å². The first-order valence-electron chi connectivity index (χ1n) is 6.25. The van der Waals surface area contributed by atoms with Crippen molar-refractivity contribution >= 4 is 45.2 Å². The molecular formula is C12H14BrN3O4S. The van der Waals surface area contributed by atoms with E-state index in [0.29, 0.717) is 13.0 Å². The number of thiophene rings is 1. The van der Waals surface area contributed by atoms with Crippen LogP contribution in [0.5, 0.6) is 0 Å². The lowest BCUT2D eigenvalue weighted by atomic mass is 10.2. The quantitative estimate of drug-likeness (QED) is 0.719. The smallest absolute Gasteiger partial charge is 0.328 e. The Hall–Kier alpha value is -1.61. The predicted octanol–water partition coefficient (Wildman–Crippen LogP) is 0.648. The van der Waals surface area contributed by atoms with E-state index in [1.807, 2.05) is 12.1 Å². The third-order valence-electron chi connectivity index (χ3n) is 3.01. The van der Waals surface area contributed by atoms with Gasteiger partial charge in [0.25, 0.3) is 0 Å². The van der Waals surface area contributed by atoms with Crippen LogP contribution < -0.4 is 10.6 Å². The van der Waals surface area contributed by atoms with E-state index in [0.717, 1.165) is 13.6 Å². The Morgan fingerprint density at radius 3 is 2.90 bits per heavy atom. The molecule has 1 fully saturated rings. The van der Waals surface area contributed by atoms with Crippen molar-refractivity contribution in [3.8, 4) is 0 Å². The zero-order valence-corrected chi connectivity index (χ0v) is 13.4. The van der Waals surface area contributed by atoms with E-state index in [4.69, 9.17) is 5.11 Å². The molecule has 21 heavy (non-hydrogen) atoms. The summed E-state index contributed by atoms with van der Waals surface area (Å²) in [6.07, 6.45) is 0.653. The second-order valence-corrected chi connectivity index (χ2v) is 7.02. The lowest BCUT2D eigenvalue weighted by molar-refractivity contribution is -0.144. The Morgan fingerprint density at radius 2 is 2.29 bits per heavy atom. The summed E-state index contributed by atoms with van der Waals surface area (Å²) in [5.74, 6) is -1.49. The summed E-state index contributed by atoms with van der Waals surface area (Å²) in [6.45, 7) is 0.0725. The van der Waals surface area contributed by atoms with Gasteiger partial charge >= 0.3 is 12.0 Å². The monoisotopic (exact) mass is 375 g/mol. The van der Waals surface area contributed by atoms with Gasteiger partial charge in [-0.25, -0.2) is 9.59 Å². The largest absolute Gasteiger partial charge is 0.480 e. The molecule has 2 heterocycles. The molecule has 1 aromatic rings. The molecule has 1 aliphatic heterocycles. The third-order valence-corrected chi connectivity index (χ3v) is 4.69. The Morgan fingerprint density at radius 1 is 1.52 bits per heavy atom. The van der Waals surface area contributed by atoms with E-state index >= 15 is 0 Å². The maximum absolute atomic E-state index is 12.0. The van der Waals surface area contributed by atoms with Crippen molar-refractivity contribution < 1.29 is 19.5 Å². The lowest BCUT2D eigenvalue weighted by Gasteiger charge is -2.32. The van der Waals surface area contributed by atoms with E-state index in [2.05, 4.69) is 26.6 Å². The molecule has 2 rings (SSSR count). The molecule has 3 amide bonds. The Balaban J connectivity index is 1.88. The van der Waals surface area contributed by atoms with Gasteiger partial charge in [0.2, 0.25) is 5.91 Å². The fraction of sp³-hybridized carbons (Fsp3) is 0.417. The highest BCUT2D eigenvalue weighted by Gasteiger charge is 2.34. The van der Waals surface area contributed by atoms with Gasteiger partial charge in [-0.3, -0.25) is 9.69 Å². The highest BCUT2D eigenvalue weighted by molar-refractivity contribution is 9.11. The van der Waals surface area contributed by atoms with Crippen molar-refractivity contribution in [1.82, 2.24) is 15.5 Å². The fourth-order valence-electron chi connectivity index (χ4n) is 1.96. The molecule has 1 saturated heterocycles. The zero-order chi connectivity index (χ0) is 15.4. The number of carbonyl (C=O) groups is 3. The molecule has 0 spiro atoms. The molecule has 0 saturated carbocycles. The van der Waals surface area contributed by atoms with E-state index in [1.54, 1.807) is 11.3 Å². The first kappa shape index (κ1) is 15.8. The Kier molecular flexibility index (Phi) is 5.18. The van der Waals surface area contributed by atoms with Gasteiger partial charge < -0.3 is 15.7 Å². The number of carbonyl (C=O) groups excluding carboxylic acids is 2. The molecule has 3 N–H and O–H groups in total. The van der Waals surface area contributed by atoms with Crippen LogP contribution in [0.2, 0.25) is 0 Å². The van der Waals surface area contributed by atoms with Crippen molar-refractivity contribution in [3.63, 3.8) is 0 Å². The molecule has 1 aromatic heterocycles. The van der Waals surface area contributed by atoms with Crippen LogP contribution in [-0.2, 0) is 16.0 Å². The summed E-state index contributed by atoms with van der Waals surface area (Å²) in [5.41, 5.74) is 0. The van der Waals surface area contributed by atoms with E-state index in [9.17, 15) is 14.4 Å². The lowest BCUT2D eigenvalue weighted by Crippen LogP contribution is -2.61. The van der Waals surface area contributed by atoms with Crippen molar-refractivity contribution in [2.75, 3.05) is 19.6 Å². The van der Waals surface area contributed by atoms with Crippen LogP contribution in [0, 0.1) is 0 Å². The van der Waals surface area contributed by atoms with Gasteiger partial charge in [0.15, 0.2) is 0 Å². The maximum atomic E-state index is 12.0. The second kappa shape index (κ2) is 6.90. The van der Waals surface area contributed by atoms with Crippen LogP contribution in [0.15, 0.2) is 15.9 Å². The number of rotatable bonds is 4. The van der Waals surface area contributed by atoms with Crippen molar-refractivity contribution in [3.05, 3.63) is 20.8 Å². The van der Waals surface area contributed by atoms with E-state index in [-0.39, 0.29) is 19.0 Å². The number of amides is 3. The first-order valence-corrected chi connectivity index (χ1v) is 7.86. The van der Waals surface area contributed by atoms with Crippen molar-refractivity contribution in [1.29, 1.82) is 0 Å². The van der Waals surface area contributed by atoms with Gasteiger partial charge in [-0.2, -0.15) is 0 Å². The normalized spacial score (nSPS) is 18.2. The number of nitrogens with one attached hydrogen (secondary N) is 2. The van der Waals surface area contributed by atoms with E-state index in [1.165, 1.54) is 0 Å². The molecule has 0 bridgehead atoms. The van der Waals surface area contributed by atoms with Gasteiger partial charge in [0.1, 0.15) is 12.6 Å². The average molecular weight is 376 g/mol. The molecule has 114 valence electrons. The van der Waals surface area contributed by atoms with Crippen LogP contribution in [0.4, 0.5) is 4.79 Å². The van der Waals surface area contributed by atoms with Crippen LogP contribution in [0.3, 0.4) is 0 Å². The number of carboxylic acids is 1. The number of nitrogens with zero attached hydrogens (tertiary/aromatic N) is 1. The number of aliphatic carboxylic acids is 1. The average Bonchev–Trinajstić information content (AvgIpc) is 2.84. The zero-order valence-electron chi connectivity index (χ0n) is 11.0. The fourth-order valence-corrected chi connectivity index (χ4v) is 3.44. The minimum absolute atomic E-state index is 0.0700. The molecule has 0 radical (unpaired) electrons. The number of urea groups is 1. The van der Waals surface area contributed by atoms with Crippen LogP contribution in [0.1, 0.15) is 4.88 Å². The summed E-state index contributed by atoms with van der Waals surface area (Å²) in [7, 11) is 0. The summed E-state index contributed by atoms with van der Waals surface area (Å²) >= 11 is 4.93. The summed E-state index contributed by atoms with van der Waals surface area (Å²) in [6, 6.07) is 2.32. The SMILES string of the molecule is O=C1CN(C(=O)NCCc2ccc(Br)s2)C(C(=O)O)CN1. The summed E-state index contributed by atoms with van der Waals surface area (Å²) in [5, 5.41) is 14.2. The predicted molar refractivity (Wildman–Crippen MR) is 80.3 cm³/mol. The number of hydrogen-bond donors (Lipinski definition) is 3. The van der Waals surface area contributed by atoms with Gasteiger partial charge in [-0.1, -0.05) is 0 Å². The highest BCUT2D eigenvalue weighted by Crippen LogP contribution is 2.22. The maximum Gasteiger partial charge on any atom is 0.328 e. The summed E-state index contributed by atoms with van der Waals surface area (Å²) < 4.78 is 1.02. The van der Waals surface area contributed by atoms with Gasteiger partial charge in [-0.05, 0) is 34.5 Å². The third kappa shape index (κ3) is 4.18. The van der Waals surface area contributed by atoms with Crippen LogP contribution in [0.25, 0.3) is 0 Å². The second-order valence-electron chi connectivity index (χ2n) is 4.47. The standard InChI is InChI=1S/C12H14BrN3O4S/c13-9-2-1-7(21-9)3-4-14-12(20)16-6-10(17)15-5-8(16)11(18)19/h1-2,8H,3-6H2,(H,14,20)(H,15,17)(H,18,19). The van der Waals surface area contributed by atoms with Crippen LogP contribution >= 0.6 is 27.3 Å². The molecule has 1 unspecified atom stereocenters. The highest BCUT2D eigenvalue weighted by atomic mass is 79.9. The van der Waals surface area contributed by atoms with Crippen LogP contribution in [-0.4, -0.2) is 53.6 Å². The topological polar surface area (TPSA) is 98.7 Å². The Labute approximate surface area is 133 Å². The van der Waals surface area contributed by atoms with E-state index < -0.39 is 18.0 Å². The first-order chi connectivity index (χ1) is 9.97. The molecular weight excluding hydrogens is 362 g/mol. The molecule has 0 aliphatic carbocycles. The minimum Gasteiger partial charge on any atom is -0.480 e. The number of piperazine rings is 1. The van der Waals surface area contributed by atoms with Crippen molar-refractivity contribution in [2.45, 2.75) is 12.5 Å². The number of halogens is 1.